The Balaban J connectivity index is 1.27. The Morgan fingerprint density at radius 2 is 2.06 bits per heavy atom. The van der Waals surface area contributed by atoms with Crippen molar-refractivity contribution in [3.8, 4) is 6.07 Å². The Kier molecular flexibility index (Phi) is 6.01. The van der Waals surface area contributed by atoms with Gasteiger partial charge in [0.1, 0.15) is 18.5 Å². The van der Waals surface area contributed by atoms with E-state index in [0.717, 1.165) is 50.0 Å². The summed E-state index contributed by atoms with van der Waals surface area (Å²) in [5, 5.41) is 11.6. The van der Waals surface area contributed by atoms with Crippen LogP contribution in [0.25, 0.3) is 0 Å². The molecule has 160 valence electrons. The number of nitrogens with one attached hydrogen (secondary N) is 1. The SMILES string of the molecule is Cc1c(CCN2CCC(C(=O)Nc3ccc(C#N)c(F)c3)CC2)ccc2c1COC2=O. The van der Waals surface area contributed by atoms with Crippen LogP contribution in [0.2, 0.25) is 0 Å². The van der Waals surface area contributed by atoms with Crippen LogP contribution >= 0.6 is 0 Å². The number of likely N-dealkylation sites (tertiary alicyclic amines) is 1. The number of carbonyl (C=O) groups excluding carboxylic acids is 2. The molecule has 1 fully saturated rings. The number of hydrogen-bond donors (Lipinski definition) is 1. The Hall–Kier alpha value is -3.24. The molecule has 1 amide bonds. The van der Waals surface area contributed by atoms with Crippen LogP contribution in [0.1, 0.15) is 45.5 Å². The van der Waals surface area contributed by atoms with Crippen molar-refractivity contribution in [3.63, 3.8) is 0 Å². The van der Waals surface area contributed by atoms with Crippen molar-refractivity contribution < 1.29 is 18.7 Å². The second-order valence-corrected chi connectivity index (χ2v) is 8.11. The van der Waals surface area contributed by atoms with Crippen LogP contribution in [0, 0.1) is 30.0 Å². The molecule has 0 unspecified atom stereocenters. The summed E-state index contributed by atoms with van der Waals surface area (Å²) in [5.74, 6) is -1.09. The number of anilines is 1. The van der Waals surface area contributed by atoms with Crippen LogP contribution < -0.4 is 5.32 Å². The molecule has 0 aromatic heterocycles. The standard InChI is InChI=1S/C24H24FN3O3/c1-15-16(3-5-20-21(15)14-31-24(20)30)6-9-28-10-7-17(8-11-28)23(29)27-19-4-2-18(13-26)22(25)12-19/h2-5,12,17H,6-11,14H2,1H3,(H,27,29). The quantitative estimate of drug-likeness (QED) is 0.747. The zero-order chi connectivity index (χ0) is 22.0. The largest absolute Gasteiger partial charge is 0.457 e. The number of ether oxygens (including phenoxy) is 1. The number of esters is 1. The van der Waals surface area contributed by atoms with E-state index in [2.05, 4.69) is 10.2 Å². The number of benzene rings is 2. The Labute approximate surface area is 180 Å². The lowest BCUT2D eigenvalue weighted by Gasteiger charge is -2.31. The van der Waals surface area contributed by atoms with Crippen molar-refractivity contribution in [2.75, 3.05) is 25.0 Å². The van der Waals surface area contributed by atoms with Crippen molar-refractivity contribution in [3.05, 3.63) is 64.0 Å². The van der Waals surface area contributed by atoms with Gasteiger partial charge in [0.25, 0.3) is 0 Å². The van der Waals surface area contributed by atoms with E-state index in [9.17, 15) is 14.0 Å². The zero-order valence-corrected chi connectivity index (χ0v) is 17.4. The minimum atomic E-state index is -0.632. The summed E-state index contributed by atoms with van der Waals surface area (Å²) in [6.07, 6.45) is 2.38. The van der Waals surface area contributed by atoms with E-state index in [-0.39, 0.29) is 23.4 Å². The molecule has 4 rings (SSSR count). The summed E-state index contributed by atoms with van der Waals surface area (Å²) in [5.41, 5.74) is 4.36. The van der Waals surface area contributed by atoms with Crippen molar-refractivity contribution in [2.45, 2.75) is 32.8 Å². The number of fused-ring (bicyclic) bond motifs is 1. The summed E-state index contributed by atoms with van der Waals surface area (Å²) < 4.78 is 18.9. The van der Waals surface area contributed by atoms with Crippen molar-refractivity contribution in [1.82, 2.24) is 4.90 Å². The van der Waals surface area contributed by atoms with Crippen molar-refractivity contribution in [1.29, 1.82) is 5.26 Å². The molecule has 2 aromatic carbocycles. The number of hydrogen-bond acceptors (Lipinski definition) is 5. The van der Waals surface area contributed by atoms with E-state index in [1.54, 1.807) is 12.1 Å². The summed E-state index contributed by atoms with van der Waals surface area (Å²) in [6, 6.07) is 9.74. The molecular formula is C24H24FN3O3. The van der Waals surface area contributed by atoms with Crippen LogP contribution in [0.3, 0.4) is 0 Å². The molecule has 1 N–H and O–H groups in total. The van der Waals surface area contributed by atoms with E-state index in [0.29, 0.717) is 17.9 Å². The maximum atomic E-state index is 13.7. The molecule has 0 aliphatic carbocycles. The molecule has 0 saturated carbocycles. The van der Waals surface area contributed by atoms with Gasteiger partial charge in [0, 0.05) is 23.7 Å². The third-order valence-corrected chi connectivity index (χ3v) is 6.29. The Morgan fingerprint density at radius 1 is 1.29 bits per heavy atom. The van der Waals surface area contributed by atoms with Crippen LogP contribution in [0.15, 0.2) is 30.3 Å². The van der Waals surface area contributed by atoms with Gasteiger partial charge in [-0.05, 0) is 74.7 Å². The summed E-state index contributed by atoms with van der Waals surface area (Å²) in [7, 11) is 0. The molecule has 31 heavy (non-hydrogen) atoms. The monoisotopic (exact) mass is 421 g/mol. The molecule has 0 spiro atoms. The fraction of sp³-hybridized carbons (Fsp3) is 0.375. The highest BCUT2D eigenvalue weighted by atomic mass is 19.1. The minimum Gasteiger partial charge on any atom is -0.457 e. The first-order chi connectivity index (χ1) is 15.0. The van der Waals surface area contributed by atoms with Gasteiger partial charge in [-0.3, -0.25) is 4.79 Å². The first-order valence-corrected chi connectivity index (χ1v) is 10.5. The lowest BCUT2D eigenvalue weighted by atomic mass is 9.94. The first kappa shape index (κ1) is 21.0. The van der Waals surface area contributed by atoms with Crippen LogP contribution in [0.5, 0.6) is 0 Å². The second kappa shape index (κ2) is 8.86. The highest BCUT2D eigenvalue weighted by Gasteiger charge is 2.26. The van der Waals surface area contributed by atoms with Gasteiger partial charge < -0.3 is 15.0 Å². The summed E-state index contributed by atoms with van der Waals surface area (Å²) >= 11 is 0. The van der Waals surface area contributed by atoms with Crippen LogP contribution in [-0.2, 0) is 22.6 Å². The van der Waals surface area contributed by atoms with E-state index >= 15 is 0 Å². The van der Waals surface area contributed by atoms with E-state index in [1.165, 1.54) is 17.7 Å². The van der Waals surface area contributed by atoms with Gasteiger partial charge in [-0.15, -0.1) is 0 Å². The highest BCUT2D eigenvalue weighted by Crippen LogP contribution is 2.27. The lowest BCUT2D eigenvalue weighted by Crippen LogP contribution is -2.39. The molecule has 6 nitrogen and oxygen atoms in total. The van der Waals surface area contributed by atoms with Gasteiger partial charge in [0.15, 0.2) is 0 Å². The average molecular weight is 421 g/mol. The van der Waals surface area contributed by atoms with Crippen molar-refractivity contribution >= 4 is 17.6 Å². The predicted molar refractivity (Wildman–Crippen MR) is 113 cm³/mol. The summed E-state index contributed by atoms with van der Waals surface area (Å²) in [4.78, 5) is 26.6. The molecular weight excluding hydrogens is 397 g/mol. The molecule has 0 bridgehead atoms. The molecule has 2 heterocycles. The molecule has 2 aromatic rings. The van der Waals surface area contributed by atoms with Gasteiger partial charge in [0.05, 0.1) is 11.1 Å². The van der Waals surface area contributed by atoms with Crippen LogP contribution in [-0.4, -0.2) is 36.4 Å². The topological polar surface area (TPSA) is 82.4 Å². The van der Waals surface area contributed by atoms with E-state index in [4.69, 9.17) is 10.00 Å². The molecule has 2 aliphatic heterocycles. The lowest BCUT2D eigenvalue weighted by molar-refractivity contribution is -0.121. The first-order valence-electron chi connectivity index (χ1n) is 10.5. The smallest absolute Gasteiger partial charge is 0.338 e. The Morgan fingerprint density at radius 3 is 2.77 bits per heavy atom. The van der Waals surface area contributed by atoms with E-state index in [1.807, 2.05) is 19.1 Å². The van der Waals surface area contributed by atoms with Gasteiger partial charge in [0.2, 0.25) is 5.91 Å². The van der Waals surface area contributed by atoms with Crippen LogP contribution in [0.4, 0.5) is 10.1 Å². The number of piperidine rings is 1. The molecule has 0 radical (unpaired) electrons. The highest BCUT2D eigenvalue weighted by molar-refractivity contribution is 5.94. The fourth-order valence-corrected chi connectivity index (χ4v) is 4.29. The summed E-state index contributed by atoms with van der Waals surface area (Å²) in [6.45, 7) is 4.94. The number of carbonyl (C=O) groups is 2. The van der Waals surface area contributed by atoms with E-state index < -0.39 is 5.82 Å². The molecule has 2 aliphatic rings. The zero-order valence-electron chi connectivity index (χ0n) is 17.4. The van der Waals surface area contributed by atoms with Gasteiger partial charge >= 0.3 is 5.97 Å². The third kappa shape index (κ3) is 4.44. The normalized spacial score (nSPS) is 16.5. The number of amides is 1. The predicted octanol–water partition coefficient (Wildman–Crippen LogP) is 3.57. The molecule has 1 saturated heterocycles. The number of rotatable bonds is 5. The minimum absolute atomic E-state index is 0.0379. The number of nitriles is 1. The maximum Gasteiger partial charge on any atom is 0.338 e. The third-order valence-electron chi connectivity index (χ3n) is 6.29. The number of halogens is 1. The number of cyclic esters (lactones) is 1. The average Bonchev–Trinajstić information content (AvgIpc) is 3.15. The van der Waals surface area contributed by atoms with Gasteiger partial charge in [-0.2, -0.15) is 5.26 Å². The van der Waals surface area contributed by atoms with Gasteiger partial charge in [-0.1, -0.05) is 6.07 Å². The second-order valence-electron chi connectivity index (χ2n) is 8.11. The molecule has 7 heteroatoms. The van der Waals surface area contributed by atoms with Gasteiger partial charge in [-0.25, -0.2) is 9.18 Å². The Bertz CT molecular complexity index is 1070. The molecule has 0 atom stereocenters. The van der Waals surface area contributed by atoms with Crippen molar-refractivity contribution in [2.24, 2.45) is 5.92 Å². The number of nitrogens with zero attached hydrogens (tertiary/aromatic N) is 2. The fourth-order valence-electron chi connectivity index (χ4n) is 4.29. The maximum absolute atomic E-state index is 13.7.